The standard InChI is InChI=1S/C23H20N2O5/c1-15(30-18-7-3-2-4-8-18)21(26)24-17-13-11-16(12-14-17)22(27)25-20-10-6-5-9-19(20)23(28)29/h2-15H,1H3,(H,24,26)(H,25,27)(H,28,29)/t15-/m1/s1. The van der Waals surface area contributed by atoms with Crippen molar-refractivity contribution in [1.82, 2.24) is 0 Å². The van der Waals surface area contributed by atoms with E-state index in [1.165, 1.54) is 24.3 Å². The number of carboxylic acid groups (broad SMARTS) is 1. The number of para-hydroxylation sites is 2. The molecule has 2 amide bonds. The van der Waals surface area contributed by atoms with Crippen molar-refractivity contribution in [1.29, 1.82) is 0 Å². The van der Waals surface area contributed by atoms with Gasteiger partial charge in [-0.25, -0.2) is 4.79 Å². The van der Waals surface area contributed by atoms with Gasteiger partial charge in [0.05, 0.1) is 11.3 Å². The van der Waals surface area contributed by atoms with E-state index in [1.54, 1.807) is 43.3 Å². The van der Waals surface area contributed by atoms with Gasteiger partial charge in [0.15, 0.2) is 6.10 Å². The number of ether oxygens (including phenoxy) is 1. The maximum Gasteiger partial charge on any atom is 0.337 e. The van der Waals surface area contributed by atoms with E-state index in [4.69, 9.17) is 4.74 Å². The number of anilines is 2. The van der Waals surface area contributed by atoms with Crippen LogP contribution in [0.2, 0.25) is 0 Å². The van der Waals surface area contributed by atoms with E-state index in [0.717, 1.165) is 0 Å². The van der Waals surface area contributed by atoms with Crippen LogP contribution in [-0.4, -0.2) is 29.0 Å². The fraction of sp³-hybridized carbons (Fsp3) is 0.0870. The molecular weight excluding hydrogens is 384 g/mol. The van der Waals surface area contributed by atoms with E-state index in [-0.39, 0.29) is 17.2 Å². The van der Waals surface area contributed by atoms with Crippen LogP contribution in [0.25, 0.3) is 0 Å². The normalized spacial score (nSPS) is 11.2. The molecule has 0 spiro atoms. The maximum atomic E-state index is 12.4. The zero-order chi connectivity index (χ0) is 21.5. The van der Waals surface area contributed by atoms with Gasteiger partial charge in [-0.3, -0.25) is 9.59 Å². The minimum absolute atomic E-state index is 0.00198. The molecule has 1 atom stereocenters. The summed E-state index contributed by atoms with van der Waals surface area (Å²) in [6.45, 7) is 1.64. The topological polar surface area (TPSA) is 105 Å². The summed E-state index contributed by atoms with van der Waals surface area (Å²) in [6, 6.07) is 21.4. The summed E-state index contributed by atoms with van der Waals surface area (Å²) >= 11 is 0. The van der Waals surface area contributed by atoms with Crippen LogP contribution in [0.3, 0.4) is 0 Å². The third-order valence-corrected chi connectivity index (χ3v) is 4.25. The van der Waals surface area contributed by atoms with E-state index < -0.39 is 18.0 Å². The Hall–Kier alpha value is -4.13. The van der Waals surface area contributed by atoms with Crippen LogP contribution in [-0.2, 0) is 4.79 Å². The fourth-order valence-electron chi connectivity index (χ4n) is 2.68. The number of carbonyl (C=O) groups excluding carboxylic acids is 2. The molecule has 0 fully saturated rings. The number of aromatic carboxylic acids is 1. The molecule has 0 heterocycles. The molecule has 30 heavy (non-hydrogen) atoms. The van der Waals surface area contributed by atoms with Crippen LogP contribution in [0, 0.1) is 0 Å². The van der Waals surface area contributed by atoms with Crippen LogP contribution in [0.1, 0.15) is 27.6 Å². The van der Waals surface area contributed by atoms with Gasteiger partial charge in [-0.05, 0) is 55.5 Å². The molecule has 0 aromatic heterocycles. The second-order valence-corrected chi connectivity index (χ2v) is 6.44. The summed E-state index contributed by atoms with van der Waals surface area (Å²) in [7, 11) is 0. The van der Waals surface area contributed by atoms with Crippen molar-refractivity contribution in [2.45, 2.75) is 13.0 Å². The Morgan fingerprint density at radius 2 is 1.47 bits per heavy atom. The third-order valence-electron chi connectivity index (χ3n) is 4.25. The van der Waals surface area contributed by atoms with Crippen LogP contribution >= 0.6 is 0 Å². The highest BCUT2D eigenvalue weighted by Crippen LogP contribution is 2.18. The molecule has 0 aliphatic carbocycles. The van der Waals surface area contributed by atoms with Crippen molar-refractivity contribution in [3.8, 4) is 5.75 Å². The van der Waals surface area contributed by atoms with Gasteiger partial charge in [-0.1, -0.05) is 30.3 Å². The number of nitrogens with one attached hydrogen (secondary N) is 2. The van der Waals surface area contributed by atoms with Gasteiger partial charge in [-0.2, -0.15) is 0 Å². The molecule has 0 bridgehead atoms. The Bertz CT molecular complexity index is 1050. The highest BCUT2D eigenvalue weighted by molar-refractivity contribution is 6.08. The second-order valence-electron chi connectivity index (χ2n) is 6.44. The Balaban J connectivity index is 1.61. The Kier molecular flexibility index (Phi) is 6.44. The first-order chi connectivity index (χ1) is 14.4. The van der Waals surface area contributed by atoms with Gasteiger partial charge in [-0.15, -0.1) is 0 Å². The molecule has 3 aromatic carbocycles. The molecule has 7 heteroatoms. The largest absolute Gasteiger partial charge is 0.481 e. The van der Waals surface area contributed by atoms with Gasteiger partial charge in [0.25, 0.3) is 11.8 Å². The minimum atomic E-state index is -1.13. The van der Waals surface area contributed by atoms with Gasteiger partial charge in [0.2, 0.25) is 0 Å². The summed E-state index contributed by atoms with van der Waals surface area (Å²) in [5.74, 6) is -1.32. The summed E-state index contributed by atoms with van der Waals surface area (Å²) in [4.78, 5) is 36.0. The molecular formula is C23H20N2O5. The van der Waals surface area contributed by atoms with Crippen molar-refractivity contribution >= 4 is 29.2 Å². The highest BCUT2D eigenvalue weighted by atomic mass is 16.5. The lowest BCUT2D eigenvalue weighted by molar-refractivity contribution is -0.122. The van der Waals surface area contributed by atoms with Crippen molar-refractivity contribution in [3.05, 3.63) is 90.0 Å². The van der Waals surface area contributed by atoms with Crippen molar-refractivity contribution in [2.24, 2.45) is 0 Å². The van der Waals surface area contributed by atoms with Gasteiger partial charge in [0.1, 0.15) is 5.75 Å². The predicted molar refractivity (Wildman–Crippen MR) is 113 cm³/mol. The lowest BCUT2D eigenvalue weighted by Crippen LogP contribution is -2.30. The Morgan fingerprint density at radius 3 is 2.13 bits per heavy atom. The third kappa shape index (κ3) is 5.23. The minimum Gasteiger partial charge on any atom is -0.481 e. The van der Waals surface area contributed by atoms with E-state index >= 15 is 0 Å². The van der Waals surface area contributed by atoms with E-state index in [0.29, 0.717) is 17.0 Å². The average molecular weight is 404 g/mol. The lowest BCUT2D eigenvalue weighted by atomic mass is 10.1. The first-order valence-electron chi connectivity index (χ1n) is 9.20. The van der Waals surface area contributed by atoms with Crippen molar-refractivity contribution in [2.75, 3.05) is 10.6 Å². The van der Waals surface area contributed by atoms with Crippen LogP contribution in [0.15, 0.2) is 78.9 Å². The van der Waals surface area contributed by atoms with Gasteiger partial charge < -0.3 is 20.5 Å². The molecule has 3 aromatic rings. The number of carbonyl (C=O) groups is 3. The fourth-order valence-corrected chi connectivity index (χ4v) is 2.68. The van der Waals surface area contributed by atoms with Crippen LogP contribution in [0.5, 0.6) is 5.75 Å². The van der Waals surface area contributed by atoms with Crippen LogP contribution < -0.4 is 15.4 Å². The molecule has 0 aliphatic heterocycles. The molecule has 0 radical (unpaired) electrons. The van der Waals surface area contributed by atoms with Crippen molar-refractivity contribution < 1.29 is 24.2 Å². The number of carboxylic acids is 1. The van der Waals surface area contributed by atoms with E-state index in [2.05, 4.69) is 10.6 Å². The SMILES string of the molecule is C[C@@H](Oc1ccccc1)C(=O)Nc1ccc(C(=O)Nc2ccccc2C(=O)O)cc1. The summed E-state index contributed by atoms with van der Waals surface area (Å²) < 4.78 is 5.58. The smallest absolute Gasteiger partial charge is 0.337 e. The van der Waals surface area contributed by atoms with Crippen molar-refractivity contribution in [3.63, 3.8) is 0 Å². The molecule has 0 unspecified atom stereocenters. The number of amides is 2. The lowest BCUT2D eigenvalue weighted by Gasteiger charge is -2.15. The molecule has 0 saturated heterocycles. The van der Waals surface area contributed by atoms with Gasteiger partial charge >= 0.3 is 5.97 Å². The molecule has 3 rings (SSSR count). The zero-order valence-electron chi connectivity index (χ0n) is 16.2. The zero-order valence-corrected chi connectivity index (χ0v) is 16.2. The first-order valence-corrected chi connectivity index (χ1v) is 9.20. The summed E-state index contributed by atoms with van der Waals surface area (Å²) in [5, 5.41) is 14.5. The molecule has 152 valence electrons. The Morgan fingerprint density at radius 1 is 0.833 bits per heavy atom. The quantitative estimate of drug-likeness (QED) is 0.551. The number of hydrogen-bond acceptors (Lipinski definition) is 4. The van der Waals surface area contributed by atoms with E-state index in [1.807, 2.05) is 18.2 Å². The monoisotopic (exact) mass is 404 g/mol. The average Bonchev–Trinajstić information content (AvgIpc) is 2.75. The molecule has 0 aliphatic rings. The molecule has 3 N–H and O–H groups in total. The highest BCUT2D eigenvalue weighted by Gasteiger charge is 2.16. The Labute approximate surface area is 173 Å². The second kappa shape index (κ2) is 9.38. The number of benzene rings is 3. The molecule has 0 saturated carbocycles. The summed E-state index contributed by atoms with van der Waals surface area (Å²) in [6.07, 6.45) is -0.706. The number of rotatable bonds is 7. The number of hydrogen-bond donors (Lipinski definition) is 3. The first kappa shape index (κ1) is 20.6. The van der Waals surface area contributed by atoms with Crippen LogP contribution in [0.4, 0.5) is 11.4 Å². The van der Waals surface area contributed by atoms with Gasteiger partial charge in [0, 0.05) is 11.3 Å². The summed E-state index contributed by atoms with van der Waals surface area (Å²) in [5.41, 5.74) is 1.04. The van der Waals surface area contributed by atoms with E-state index in [9.17, 15) is 19.5 Å². The maximum absolute atomic E-state index is 12.4. The molecule has 7 nitrogen and oxygen atoms in total. The predicted octanol–water partition coefficient (Wildman–Crippen LogP) is 4.04.